The first-order valence-corrected chi connectivity index (χ1v) is 6.69. The molecule has 114 valence electrons. The van der Waals surface area contributed by atoms with E-state index in [4.69, 9.17) is 13.3 Å². The fourth-order valence-corrected chi connectivity index (χ4v) is 2.32. The van der Waals surface area contributed by atoms with E-state index in [0.717, 1.165) is 0 Å². The van der Waals surface area contributed by atoms with Crippen molar-refractivity contribution in [1.29, 1.82) is 0 Å². The number of aliphatic hydroxyl groups is 2. The van der Waals surface area contributed by atoms with Crippen LogP contribution in [0.5, 0.6) is 0 Å². The van der Waals surface area contributed by atoms with Gasteiger partial charge in [-0.1, -0.05) is 0 Å². The van der Waals surface area contributed by atoms with Crippen LogP contribution < -0.4 is 0 Å². The molecule has 22 heavy (non-hydrogen) atoms. The van der Waals surface area contributed by atoms with Gasteiger partial charge >= 0.3 is 0 Å². The molecule has 2 atom stereocenters. The first-order chi connectivity index (χ1) is 10.7. The lowest BCUT2D eigenvalue weighted by atomic mass is 9.87. The number of furan rings is 3. The molecule has 0 radical (unpaired) electrons. The van der Waals surface area contributed by atoms with Crippen LogP contribution in [0.2, 0.25) is 0 Å². The maximum absolute atomic E-state index is 12.6. The molecule has 6 heteroatoms. The van der Waals surface area contributed by atoms with Crippen molar-refractivity contribution in [2.45, 2.75) is 12.2 Å². The minimum absolute atomic E-state index is 0.0428. The Kier molecular flexibility index (Phi) is 3.95. The van der Waals surface area contributed by atoms with Crippen molar-refractivity contribution in [3.8, 4) is 0 Å². The Balaban J connectivity index is 1.96. The number of rotatable bonds is 6. The van der Waals surface area contributed by atoms with Crippen LogP contribution in [-0.2, 0) is 0 Å². The first-order valence-electron chi connectivity index (χ1n) is 6.69. The zero-order chi connectivity index (χ0) is 15.5. The molecule has 2 N–H and O–H groups in total. The second-order valence-corrected chi connectivity index (χ2v) is 4.79. The molecule has 0 aliphatic carbocycles. The van der Waals surface area contributed by atoms with Crippen molar-refractivity contribution in [3.05, 3.63) is 72.5 Å². The molecular weight excluding hydrogens is 288 g/mol. The quantitative estimate of drug-likeness (QED) is 0.679. The summed E-state index contributed by atoms with van der Waals surface area (Å²) in [6, 6.07) is 9.27. The zero-order valence-corrected chi connectivity index (χ0v) is 11.5. The van der Waals surface area contributed by atoms with Gasteiger partial charge in [0, 0.05) is 0 Å². The fraction of sp³-hybridized carbons (Fsp3) is 0.188. The van der Waals surface area contributed by atoms with Crippen LogP contribution in [0.4, 0.5) is 0 Å². The van der Waals surface area contributed by atoms with Gasteiger partial charge in [0.2, 0.25) is 5.78 Å². The van der Waals surface area contributed by atoms with E-state index in [2.05, 4.69) is 0 Å². The summed E-state index contributed by atoms with van der Waals surface area (Å²) in [4.78, 5) is 12.6. The number of aliphatic hydroxyl groups excluding tert-OH is 2. The Labute approximate surface area is 125 Å². The molecular formula is C16H14O6. The Bertz CT molecular complexity index is 656. The standard InChI is InChI=1S/C16H14O6/c17-14(10-4-1-7-20-10)13(15(18)11-5-2-8-21-11)16(19)12-6-3-9-22-12/h1-9,13-15,17-18H/t14-,15-/m0/s1. The lowest BCUT2D eigenvalue weighted by molar-refractivity contribution is -0.00328. The van der Waals surface area contributed by atoms with E-state index in [-0.39, 0.29) is 17.3 Å². The predicted molar refractivity (Wildman–Crippen MR) is 73.9 cm³/mol. The highest BCUT2D eigenvalue weighted by Gasteiger charge is 2.39. The molecule has 3 rings (SSSR count). The van der Waals surface area contributed by atoms with E-state index in [0.29, 0.717) is 0 Å². The van der Waals surface area contributed by atoms with Gasteiger partial charge in [-0.3, -0.25) is 4.79 Å². The fourth-order valence-electron chi connectivity index (χ4n) is 2.32. The number of ketones is 1. The zero-order valence-electron chi connectivity index (χ0n) is 11.5. The molecule has 0 spiro atoms. The minimum atomic E-state index is -1.34. The number of Topliss-reactive ketones (excluding diaryl/α,β-unsaturated/α-hetero) is 1. The van der Waals surface area contributed by atoms with Crippen LogP contribution in [0.1, 0.15) is 34.3 Å². The van der Waals surface area contributed by atoms with Gasteiger partial charge in [-0.05, 0) is 36.4 Å². The molecule has 0 aromatic carbocycles. The monoisotopic (exact) mass is 302 g/mol. The number of hydrogen-bond donors (Lipinski definition) is 2. The van der Waals surface area contributed by atoms with Crippen LogP contribution >= 0.6 is 0 Å². The smallest absolute Gasteiger partial charge is 0.207 e. The van der Waals surface area contributed by atoms with Gasteiger partial charge < -0.3 is 23.5 Å². The SMILES string of the molecule is O=C(c1ccco1)C([C@@H](O)c1ccco1)[C@@H](O)c1ccco1. The van der Waals surface area contributed by atoms with Crippen LogP contribution in [-0.4, -0.2) is 16.0 Å². The topological polar surface area (TPSA) is 97.0 Å². The van der Waals surface area contributed by atoms with Crippen LogP contribution in [0, 0.1) is 5.92 Å². The Morgan fingerprint density at radius 3 is 1.73 bits per heavy atom. The maximum atomic E-state index is 12.6. The molecule has 0 unspecified atom stereocenters. The second-order valence-electron chi connectivity index (χ2n) is 4.79. The lowest BCUT2D eigenvalue weighted by Gasteiger charge is -2.23. The van der Waals surface area contributed by atoms with Gasteiger partial charge in [0.15, 0.2) is 5.76 Å². The van der Waals surface area contributed by atoms with Crippen molar-refractivity contribution in [2.75, 3.05) is 0 Å². The van der Waals surface area contributed by atoms with Gasteiger partial charge in [-0.2, -0.15) is 0 Å². The summed E-state index contributed by atoms with van der Waals surface area (Å²) in [6.07, 6.45) is 1.43. The molecule has 3 aromatic rings. The van der Waals surface area contributed by atoms with Gasteiger partial charge in [0.05, 0.1) is 24.7 Å². The molecule has 0 bridgehead atoms. The molecule has 3 heterocycles. The Hall–Kier alpha value is -2.57. The molecule has 0 amide bonds. The summed E-state index contributed by atoms with van der Waals surface area (Å²) in [6.45, 7) is 0. The summed E-state index contributed by atoms with van der Waals surface area (Å²) in [5.41, 5.74) is 0. The number of hydrogen-bond acceptors (Lipinski definition) is 6. The third-order valence-electron chi connectivity index (χ3n) is 3.42. The van der Waals surface area contributed by atoms with Crippen molar-refractivity contribution in [2.24, 2.45) is 5.92 Å². The average Bonchev–Trinajstić information content (AvgIpc) is 3.29. The third-order valence-corrected chi connectivity index (χ3v) is 3.42. The molecule has 0 aliphatic rings. The summed E-state index contributed by atoms with van der Waals surface area (Å²) in [7, 11) is 0. The number of carbonyl (C=O) groups excluding carboxylic acids is 1. The molecule has 0 fully saturated rings. The molecule has 3 aromatic heterocycles. The highest BCUT2D eigenvalue weighted by Crippen LogP contribution is 2.35. The van der Waals surface area contributed by atoms with E-state index >= 15 is 0 Å². The molecule has 6 nitrogen and oxygen atoms in total. The van der Waals surface area contributed by atoms with Crippen molar-refractivity contribution in [3.63, 3.8) is 0 Å². The van der Waals surface area contributed by atoms with E-state index in [1.807, 2.05) is 0 Å². The van der Waals surface area contributed by atoms with Crippen molar-refractivity contribution in [1.82, 2.24) is 0 Å². The van der Waals surface area contributed by atoms with E-state index in [9.17, 15) is 15.0 Å². The Morgan fingerprint density at radius 2 is 1.32 bits per heavy atom. The molecule has 0 saturated carbocycles. The summed E-state index contributed by atoms with van der Waals surface area (Å²) in [5.74, 6) is -1.37. The van der Waals surface area contributed by atoms with Gasteiger partial charge in [-0.15, -0.1) is 0 Å². The first kappa shape index (κ1) is 14.4. The molecule has 0 aliphatic heterocycles. The molecule has 0 saturated heterocycles. The normalized spacial score (nSPS) is 14.1. The van der Waals surface area contributed by atoms with Gasteiger partial charge in [0.25, 0.3) is 0 Å². The Morgan fingerprint density at radius 1 is 0.818 bits per heavy atom. The minimum Gasteiger partial charge on any atom is -0.467 e. The van der Waals surface area contributed by atoms with E-state index < -0.39 is 23.9 Å². The second kappa shape index (κ2) is 6.05. The highest BCUT2D eigenvalue weighted by molar-refractivity contribution is 5.96. The highest BCUT2D eigenvalue weighted by atomic mass is 16.4. The van der Waals surface area contributed by atoms with Crippen LogP contribution in [0.25, 0.3) is 0 Å². The maximum Gasteiger partial charge on any atom is 0.207 e. The summed E-state index contributed by atoms with van der Waals surface area (Å²) < 4.78 is 15.4. The van der Waals surface area contributed by atoms with E-state index in [1.165, 1.54) is 37.0 Å². The van der Waals surface area contributed by atoms with Gasteiger partial charge in [0.1, 0.15) is 23.7 Å². The number of carbonyl (C=O) groups is 1. The van der Waals surface area contributed by atoms with Crippen molar-refractivity contribution >= 4 is 5.78 Å². The lowest BCUT2D eigenvalue weighted by Crippen LogP contribution is -2.28. The van der Waals surface area contributed by atoms with E-state index in [1.54, 1.807) is 18.2 Å². The predicted octanol–water partition coefficient (Wildman–Crippen LogP) is 2.73. The van der Waals surface area contributed by atoms with Crippen LogP contribution in [0.15, 0.2) is 68.4 Å². The van der Waals surface area contributed by atoms with Gasteiger partial charge in [-0.25, -0.2) is 0 Å². The summed E-state index contributed by atoms with van der Waals surface area (Å²) in [5, 5.41) is 20.9. The summed E-state index contributed by atoms with van der Waals surface area (Å²) >= 11 is 0. The van der Waals surface area contributed by atoms with Crippen LogP contribution in [0.3, 0.4) is 0 Å². The average molecular weight is 302 g/mol. The van der Waals surface area contributed by atoms with Crippen molar-refractivity contribution < 1.29 is 28.3 Å². The third kappa shape index (κ3) is 2.61. The largest absolute Gasteiger partial charge is 0.467 e.